The molecule has 3 rings (SSSR count). The average Bonchev–Trinajstić information content (AvgIpc) is 3.08. The summed E-state index contributed by atoms with van der Waals surface area (Å²) >= 11 is 0. The summed E-state index contributed by atoms with van der Waals surface area (Å²) in [6.07, 6.45) is -7.58. The van der Waals surface area contributed by atoms with Gasteiger partial charge in [0, 0.05) is 38.1 Å². The zero-order chi connectivity index (χ0) is 42.0. The number of aliphatic hydroxyl groups is 5. The van der Waals surface area contributed by atoms with E-state index in [1.165, 1.54) is 14.0 Å². The summed E-state index contributed by atoms with van der Waals surface area (Å²) in [5.74, 6) is -2.66. The number of methoxy groups -OCH3 is 1. The van der Waals surface area contributed by atoms with Crippen LogP contribution in [0.2, 0.25) is 0 Å². The van der Waals surface area contributed by atoms with Gasteiger partial charge in [-0.05, 0) is 108 Å². The molecule has 0 bridgehead atoms. The Labute approximate surface area is 330 Å². The van der Waals surface area contributed by atoms with E-state index in [1.54, 1.807) is 41.5 Å². The summed E-state index contributed by atoms with van der Waals surface area (Å²) in [6, 6.07) is -0.876. The second kappa shape index (κ2) is 18.9. The first kappa shape index (κ1) is 48.3. The van der Waals surface area contributed by atoms with Crippen LogP contribution >= 0.6 is 0 Å². The number of esters is 1. The molecular formula is C40H77N3O12. The quantitative estimate of drug-likeness (QED) is 0.184. The van der Waals surface area contributed by atoms with Crippen molar-refractivity contribution < 1.29 is 58.7 Å². The predicted octanol–water partition coefficient (Wildman–Crippen LogP) is 1.49. The third-order valence-electron chi connectivity index (χ3n) is 12.8. The maximum absolute atomic E-state index is 14.3. The zero-order valence-corrected chi connectivity index (χ0v) is 36.3. The van der Waals surface area contributed by atoms with E-state index < -0.39 is 95.5 Å². The highest BCUT2D eigenvalue weighted by Crippen LogP contribution is 2.43. The Bertz CT molecular complexity index is 1230. The summed E-state index contributed by atoms with van der Waals surface area (Å²) in [4.78, 5) is 18.1. The molecule has 3 fully saturated rings. The van der Waals surface area contributed by atoms with Crippen LogP contribution in [0.3, 0.4) is 0 Å². The normalized spacial score (nSPS) is 48.7. The molecule has 0 unspecified atom stereocenters. The van der Waals surface area contributed by atoms with Gasteiger partial charge in [-0.2, -0.15) is 0 Å². The lowest BCUT2D eigenvalue weighted by atomic mass is 9.75. The lowest BCUT2D eigenvalue weighted by Gasteiger charge is -2.54. The van der Waals surface area contributed by atoms with Crippen LogP contribution in [0.4, 0.5) is 0 Å². The summed E-state index contributed by atoms with van der Waals surface area (Å²) in [5.41, 5.74) is -5.94. The SMILES string of the molecule is CC[C@H]1OC(=O)[C@H](C)[C@@H](O[C@H]2C[C@@](C)(OC)[C@](O)(CN(C)C)[C@H](C)O2)[C@H](C)[C@@H](O[C@@H]2O[C@H](C)C[C@H](N(C)C)[C@H]2O)[C@](C)(O)C[C@@H](C)CN[C@H](C)[C@@H](O)[C@]1(C)O. The molecule has 0 saturated carbocycles. The van der Waals surface area contributed by atoms with Crippen LogP contribution in [-0.4, -0.2) is 179 Å². The first-order chi connectivity index (χ1) is 25.3. The van der Waals surface area contributed by atoms with Gasteiger partial charge in [-0.3, -0.25) is 4.79 Å². The van der Waals surface area contributed by atoms with Crippen molar-refractivity contribution in [1.29, 1.82) is 0 Å². The summed E-state index contributed by atoms with van der Waals surface area (Å²) in [6.45, 7) is 18.2. The molecule has 3 aliphatic rings. The van der Waals surface area contributed by atoms with E-state index in [-0.39, 0.29) is 43.9 Å². The van der Waals surface area contributed by atoms with E-state index in [2.05, 4.69) is 5.32 Å². The number of rotatable bonds is 9. The minimum atomic E-state index is -1.81. The van der Waals surface area contributed by atoms with Gasteiger partial charge in [-0.15, -0.1) is 0 Å². The number of carbonyl (C=O) groups excluding carboxylic acids is 1. The van der Waals surface area contributed by atoms with Crippen molar-refractivity contribution in [2.45, 2.75) is 185 Å². The molecule has 0 aromatic rings. The lowest BCUT2D eigenvalue weighted by Crippen LogP contribution is -2.69. The fourth-order valence-electron chi connectivity index (χ4n) is 9.20. The van der Waals surface area contributed by atoms with Gasteiger partial charge in [0.15, 0.2) is 12.6 Å². The van der Waals surface area contributed by atoms with Crippen molar-refractivity contribution in [1.82, 2.24) is 15.1 Å². The molecule has 0 aromatic heterocycles. The van der Waals surface area contributed by atoms with Crippen LogP contribution < -0.4 is 5.32 Å². The van der Waals surface area contributed by atoms with Gasteiger partial charge in [0.2, 0.25) is 0 Å². The van der Waals surface area contributed by atoms with Gasteiger partial charge in [0.1, 0.15) is 35.1 Å². The van der Waals surface area contributed by atoms with Crippen LogP contribution in [0.15, 0.2) is 0 Å². The second-order valence-electron chi connectivity index (χ2n) is 18.3. The summed E-state index contributed by atoms with van der Waals surface area (Å²) in [5, 5.41) is 62.4. The van der Waals surface area contributed by atoms with Gasteiger partial charge >= 0.3 is 5.97 Å². The first-order valence-electron chi connectivity index (χ1n) is 20.2. The van der Waals surface area contributed by atoms with Crippen molar-refractivity contribution in [3.63, 3.8) is 0 Å². The highest BCUT2D eigenvalue weighted by Gasteiger charge is 2.58. The zero-order valence-electron chi connectivity index (χ0n) is 36.3. The number of nitrogens with one attached hydrogen (secondary N) is 1. The van der Waals surface area contributed by atoms with Gasteiger partial charge in [-0.25, -0.2) is 0 Å². The van der Waals surface area contributed by atoms with Crippen LogP contribution in [0.5, 0.6) is 0 Å². The molecule has 3 saturated heterocycles. The standard InChI is InChI=1S/C40H77N3O12/c1-16-29-39(10,48)33(45)26(6)41-20-22(2)18-37(8,47)34(55-36-31(44)28(43(13)14)17-23(3)51-36)24(4)32(25(5)35(46)53-29)54-30-19-38(9,50-15)40(49,21-42(11)12)27(7)52-30/h22-34,36,41,44-45,47-49H,16-21H2,1-15H3/t22-,23-,24+,25-,26-,27+,28+,29-,30+,31-,32+,33-,34-,36+,37-,38-,39-,40+/m1/s1. The molecule has 0 spiro atoms. The van der Waals surface area contributed by atoms with Gasteiger partial charge in [0.05, 0.1) is 35.9 Å². The lowest BCUT2D eigenvalue weighted by molar-refractivity contribution is -0.338. The van der Waals surface area contributed by atoms with Gasteiger partial charge in [0.25, 0.3) is 0 Å². The minimum Gasteiger partial charge on any atom is -0.459 e. The van der Waals surface area contributed by atoms with Crippen molar-refractivity contribution in [3.8, 4) is 0 Å². The molecule has 15 nitrogen and oxygen atoms in total. The van der Waals surface area contributed by atoms with Crippen molar-refractivity contribution >= 4 is 5.97 Å². The highest BCUT2D eigenvalue weighted by molar-refractivity contribution is 5.73. The molecule has 15 heteroatoms. The molecule has 324 valence electrons. The van der Waals surface area contributed by atoms with Crippen molar-refractivity contribution in [3.05, 3.63) is 0 Å². The van der Waals surface area contributed by atoms with E-state index in [9.17, 15) is 30.3 Å². The average molecular weight is 792 g/mol. The number of carbonyl (C=O) groups is 1. The Morgan fingerprint density at radius 1 is 0.927 bits per heavy atom. The first-order valence-corrected chi connectivity index (χ1v) is 20.2. The van der Waals surface area contributed by atoms with Crippen molar-refractivity contribution in [2.75, 3.05) is 48.4 Å². The van der Waals surface area contributed by atoms with Crippen LogP contribution in [0.25, 0.3) is 0 Å². The fraction of sp³-hybridized carbons (Fsp3) is 0.975. The number of ether oxygens (including phenoxy) is 6. The van der Waals surface area contributed by atoms with Crippen LogP contribution in [0.1, 0.15) is 94.9 Å². The Balaban J connectivity index is 2.18. The van der Waals surface area contributed by atoms with E-state index >= 15 is 0 Å². The van der Waals surface area contributed by atoms with Crippen molar-refractivity contribution in [2.24, 2.45) is 17.8 Å². The smallest absolute Gasteiger partial charge is 0.311 e. The largest absolute Gasteiger partial charge is 0.459 e. The number of hydrogen-bond donors (Lipinski definition) is 6. The third kappa shape index (κ3) is 10.8. The van der Waals surface area contributed by atoms with E-state index in [4.69, 9.17) is 28.4 Å². The fourth-order valence-corrected chi connectivity index (χ4v) is 9.20. The Morgan fingerprint density at radius 3 is 2.09 bits per heavy atom. The number of cyclic esters (lactones) is 1. The maximum Gasteiger partial charge on any atom is 0.311 e. The molecule has 3 heterocycles. The summed E-state index contributed by atoms with van der Waals surface area (Å²) in [7, 11) is 9.01. The molecule has 55 heavy (non-hydrogen) atoms. The molecule has 6 N–H and O–H groups in total. The Hall–Kier alpha value is -1.05. The minimum absolute atomic E-state index is 0.0939. The van der Waals surface area contributed by atoms with Gasteiger partial charge < -0.3 is 69.1 Å². The highest BCUT2D eigenvalue weighted by atomic mass is 16.7. The second-order valence-corrected chi connectivity index (χ2v) is 18.3. The molecular weight excluding hydrogens is 714 g/mol. The maximum atomic E-state index is 14.3. The topological polar surface area (TPSA) is 192 Å². The third-order valence-corrected chi connectivity index (χ3v) is 12.8. The number of nitrogens with zero attached hydrogens (tertiary/aromatic N) is 2. The molecule has 0 amide bonds. The van der Waals surface area contributed by atoms with E-state index in [0.717, 1.165) is 0 Å². The Morgan fingerprint density at radius 2 is 1.55 bits per heavy atom. The van der Waals surface area contributed by atoms with E-state index in [0.29, 0.717) is 13.0 Å². The monoisotopic (exact) mass is 792 g/mol. The molecule has 0 aliphatic carbocycles. The Kier molecular flexibility index (Phi) is 16.6. The van der Waals surface area contributed by atoms with E-state index in [1.807, 2.05) is 58.8 Å². The molecule has 18 atom stereocenters. The number of hydrogen-bond acceptors (Lipinski definition) is 15. The number of aliphatic hydroxyl groups excluding tert-OH is 2. The number of likely N-dealkylation sites (N-methyl/N-ethyl adjacent to an activating group) is 2. The summed E-state index contributed by atoms with van der Waals surface area (Å²) < 4.78 is 38.2. The predicted molar refractivity (Wildman–Crippen MR) is 207 cm³/mol. The molecule has 0 radical (unpaired) electrons. The van der Waals surface area contributed by atoms with Crippen LogP contribution in [0, 0.1) is 17.8 Å². The van der Waals surface area contributed by atoms with Crippen LogP contribution in [-0.2, 0) is 33.2 Å². The van der Waals surface area contributed by atoms with Gasteiger partial charge in [-0.1, -0.05) is 20.8 Å². The molecule has 0 aromatic carbocycles. The molecule has 3 aliphatic heterocycles.